The zero-order valence-corrected chi connectivity index (χ0v) is 37.3. The van der Waals surface area contributed by atoms with Crippen LogP contribution in [0.2, 0.25) is 5.02 Å². The van der Waals surface area contributed by atoms with E-state index in [1.165, 1.54) is 5.57 Å². The maximum atomic E-state index is 13.9. The predicted octanol–water partition coefficient (Wildman–Crippen LogP) is 10.3. The van der Waals surface area contributed by atoms with Crippen LogP contribution in [0, 0.1) is 62.6 Å². The van der Waals surface area contributed by atoms with E-state index < -0.39 is 17.1 Å². The van der Waals surface area contributed by atoms with Gasteiger partial charge in [0.15, 0.2) is 5.78 Å². The van der Waals surface area contributed by atoms with Gasteiger partial charge in [0.25, 0.3) is 0 Å². The van der Waals surface area contributed by atoms with Crippen LogP contribution in [-0.4, -0.2) is 47.2 Å². The zero-order valence-electron chi connectivity index (χ0n) is 36.6. The van der Waals surface area contributed by atoms with E-state index in [-0.39, 0.29) is 63.9 Å². The van der Waals surface area contributed by atoms with Crippen LogP contribution < -0.4 is 5.32 Å². The molecule has 0 radical (unpaired) electrons. The quantitative estimate of drug-likeness (QED) is 0.228. The molecule has 1 unspecified atom stereocenters. The van der Waals surface area contributed by atoms with E-state index in [0.717, 1.165) is 56.1 Å². The van der Waals surface area contributed by atoms with Gasteiger partial charge >= 0.3 is 11.9 Å². The molecule has 4 fully saturated rings. The van der Waals surface area contributed by atoms with Crippen LogP contribution in [0.1, 0.15) is 146 Å². The summed E-state index contributed by atoms with van der Waals surface area (Å²) in [5.41, 5.74) is 1.70. The molecule has 1 aromatic carbocycles. The lowest BCUT2D eigenvalue weighted by Gasteiger charge is -2.72. The predicted molar refractivity (Wildman–Crippen MR) is 223 cm³/mol. The number of hydrogen-bond donors (Lipinski definition) is 2. The fourth-order valence-electron chi connectivity index (χ4n) is 13.5. The number of aliphatic hydroxyl groups is 1. The maximum absolute atomic E-state index is 13.9. The Balaban J connectivity index is 1.24. The Hall–Kier alpha value is -2.22. The Morgan fingerprint density at radius 1 is 0.929 bits per heavy atom. The molecule has 0 aromatic heterocycles. The number of benzene rings is 1. The number of fused-ring (bicyclic) bond motifs is 7. The number of hydrogen-bond acceptors (Lipinski definition) is 7. The summed E-state index contributed by atoms with van der Waals surface area (Å²) in [4.78, 5) is 40.4. The number of rotatable bonds is 10. The van der Waals surface area contributed by atoms with Crippen LogP contribution >= 0.6 is 11.6 Å². The minimum atomic E-state index is -0.982. The minimum Gasteiger partial charge on any atom is -0.462 e. The highest BCUT2D eigenvalue weighted by Crippen LogP contribution is 2.76. The Kier molecular flexibility index (Phi) is 11.7. The Labute approximate surface area is 342 Å². The second-order valence-electron chi connectivity index (χ2n) is 22.0. The van der Waals surface area contributed by atoms with Gasteiger partial charge in [-0.05, 0) is 155 Å². The minimum absolute atomic E-state index is 0.00166. The maximum Gasteiger partial charge on any atom is 0.312 e. The third-order valence-electron chi connectivity index (χ3n) is 16.3. The van der Waals surface area contributed by atoms with E-state index in [1.54, 1.807) is 13.8 Å². The summed E-state index contributed by atoms with van der Waals surface area (Å²) >= 11 is 6.13. The topological polar surface area (TPSA) is 102 Å². The third kappa shape index (κ3) is 7.57. The largest absolute Gasteiger partial charge is 0.462 e. The Morgan fingerprint density at radius 3 is 2.21 bits per heavy atom. The summed E-state index contributed by atoms with van der Waals surface area (Å²) < 4.78 is 12.0. The van der Waals surface area contributed by atoms with E-state index in [0.29, 0.717) is 48.1 Å². The highest BCUT2D eigenvalue weighted by Gasteiger charge is 2.70. The van der Waals surface area contributed by atoms with E-state index in [4.69, 9.17) is 21.1 Å². The van der Waals surface area contributed by atoms with Gasteiger partial charge in [0.2, 0.25) is 0 Å². The van der Waals surface area contributed by atoms with E-state index >= 15 is 0 Å². The summed E-state index contributed by atoms with van der Waals surface area (Å²) in [5, 5.41) is 16.4. The highest BCUT2D eigenvalue weighted by atomic mass is 35.5. The van der Waals surface area contributed by atoms with Crippen molar-refractivity contribution in [1.29, 1.82) is 0 Å². The molecule has 0 aliphatic heterocycles. The second-order valence-corrected chi connectivity index (χ2v) is 22.4. The van der Waals surface area contributed by atoms with Crippen molar-refractivity contribution in [2.24, 2.45) is 62.6 Å². The van der Waals surface area contributed by atoms with Crippen LogP contribution in [0.15, 0.2) is 35.4 Å². The summed E-state index contributed by atoms with van der Waals surface area (Å²) in [6.07, 6.45) is 6.73. The lowest BCUT2D eigenvalue weighted by molar-refractivity contribution is -0.236. The number of nitrogens with one attached hydrogen (secondary N) is 1. The Bertz CT molecular complexity index is 1710. The smallest absolute Gasteiger partial charge is 0.312 e. The molecule has 8 heteroatoms. The molecular weight excluding hydrogens is 722 g/mol. The molecule has 0 amide bonds. The molecule has 1 aromatic rings. The molecule has 2 N–H and O–H groups in total. The Morgan fingerprint density at radius 2 is 1.59 bits per heavy atom. The molecule has 10 atom stereocenters. The van der Waals surface area contributed by atoms with Gasteiger partial charge in [-0.25, -0.2) is 0 Å². The molecule has 56 heavy (non-hydrogen) atoms. The molecule has 5 aliphatic carbocycles. The first-order valence-corrected chi connectivity index (χ1v) is 22.1. The number of aliphatic hydroxyl groups excluding tert-OH is 1. The van der Waals surface area contributed by atoms with Crippen LogP contribution in [0.3, 0.4) is 0 Å². The van der Waals surface area contributed by atoms with Crippen molar-refractivity contribution in [1.82, 2.24) is 5.32 Å². The normalized spacial score (nSPS) is 35.9. The summed E-state index contributed by atoms with van der Waals surface area (Å²) in [6, 6.07) is 7.84. The summed E-state index contributed by atoms with van der Waals surface area (Å²) in [6.45, 7) is 26.8. The monoisotopic (exact) mass is 794 g/mol. The van der Waals surface area contributed by atoms with Gasteiger partial charge in [0.1, 0.15) is 11.7 Å². The van der Waals surface area contributed by atoms with Gasteiger partial charge in [-0.1, -0.05) is 77.8 Å². The SMILES string of the molecule is CC(C)C1=C2C(CC1=O)[C@@H]([C@@H](O)CNCc1ccc(Cl)cc1)C[C@]1(C)[C@@H]2CC[C@@H]2[C@@]3(C)CC[C@H](OC(=O)CC(C)(C)C(=O)OC(C)(C)C)C(C)(C)[C@@H]3CC[C@]21C. The fraction of sp³-hybridized carbons (Fsp3) is 0.771. The number of carbonyl (C=O) groups excluding carboxylic acids is 3. The third-order valence-corrected chi connectivity index (χ3v) is 16.5. The zero-order chi connectivity index (χ0) is 41.4. The first-order chi connectivity index (χ1) is 25.9. The van der Waals surface area contributed by atoms with Gasteiger partial charge in [0, 0.05) is 29.9 Å². The lowest BCUT2D eigenvalue weighted by atomic mass is 9.33. The van der Waals surface area contributed by atoms with Crippen LogP contribution in [0.4, 0.5) is 0 Å². The van der Waals surface area contributed by atoms with Gasteiger partial charge in [-0.3, -0.25) is 14.4 Å². The number of halogens is 1. The van der Waals surface area contributed by atoms with Crippen molar-refractivity contribution in [2.45, 2.75) is 165 Å². The van der Waals surface area contributed by atoms with E-state index in [2.05, 4.69) is 53.8 Å². The molecule has 312 valence electrons. The molecule has 6 rings (SSSR count). The number of Topliss-reactive ketones (excluding diaryl/α,β-unsaturated/α-hetero) is 1. The average molecular weight is 795 g/mol. The van der Waals surface area contributed by atoms with Crippen LogP contribution in [-0.2, 0) is 30.4 Å². The van der Waals surface area contributed by atoms with Crippen molar-refractivity contribution in [3.8, 4) is 0 Å². The van der Waals surface area contributed by atoms with E-state index in [1.807, 2.05) is 45.0 Å². The van der Waals surface area contributed by atoms with Crippen molar-refractivity contribution in [3.05, 3.63) is 46.0 Å². The lowest BCUT2D eigenvalue weighted by Crippen LogP contribution is -2.66. The van der Waals surface area contributed by atoms with Gasteiger partial charge in [0.05, 0.1) is 17.9 Å². The van der Waals surface area contributed by atoms with Gasteiger partial charge < -0.3 is 19.9 Å². The summed E-state index contributed by atoms with van der Waals surface area (Å²) in [7, 11) is 0. The van der Waals surface area contributed by atoms with Crippen molar-refractivity contribution in [2.75, 3.05) is 6.54 Å². The number of esters is 2. The van der Waals surface area contributed by atoms with Crippen LogP contribution in [0.25, 0.3) is 0 Å². The molecule has 0 heterocycles. The van der Waals surface area contributed by atoms with Crippen molar-refractivity contribution >= 4 is 29.3 Å². The molecule has 0 spiro atoms. The highest BCUT2D eigenvalue weighted by molar-refractivity contribution is 6.30. The number of ketones is 1. The van der Waals surface area contributed by atoms with Crippen molar-refractivity contribution in [3.63, 3.8) is 0 Å². The van der Waals surface area contributed by atoms with Crippen LogP contribution in [0.5, 0.6) is 0 Å². The van der Waals surface area contributed by atoms with Crippen molar-refractivity contribution < 1.29 is 29.0 Å². The first kappa shape index (κ1) is 43.4. The fourth-order valence-corrected chi connectivity index (χ4v) is 13.6. The molecule has 0 saturated heterocycles. The van der Waals surface area contributed by atoms with Gasteiger partial charge in [-0.15, -0.1) is 0 Å². The number of ether oxygens (including phenoxy) is 2. The number of carbonyl (C=O) groups is 3. The summed E-state index contributed by atoms with van der Waals surface area (Å²) in [5.74, 6) is 1.01. The molecule has 5 aliphatic rings. The second kappa shape index (κ2) is 15.1. The first-order valence-electron chi connectivity index (χ1n) is 21.7. The molecule has 4 saturated carbocycles. The van der Waals surface area contributed by atoms with Gasteiger partial charge in [-0.2, -0.15) is 0 Å². The number of allylic oxidation sites excluding steroid dienone is 2. The average Bonchev–Trinajstić information content (AvgIpc) is 3.42. The molecule has 7 nitrogen and oxygen atoms in total. The van der Waals surface area contributed by atoms with E-state index in [9.17, 15) is 19.5 Å². The standard InChI is InChI=1S/C48H72ClNO6/c1-28(2)40-34(51)23-31-32(35(52)27-50-26-29-13-15-30(49)16-14-29)24-48(12)33(41(31)40)17-18-37-46(10)21-20-38(45(8,9)36(46)19-22-47(37,48)11)55-39(53)25-44(6,7)42(54)56-43(3,4)5/h13-16,28,31-33,35-38,50,52H,17-27H2,1-12H3/t31?,32-,33+,35-,36-,37+,38-,46-,47+,48+/m0/s1. The molecular formula is C48H72ClNO6. The molecule has 0 bridgehead atoms.